The van der Waals surface area contributed by atoms with Gasteiger partial charge in [-0.2, -0.15) is 9.97 Å². The Kier molecular flexibility index (Phi) is 2.97. The molecule has 0 aliphatic heterocycles. The normalized spacial score (nSPS) is 9.85. The average molecular weight is 183 g/mol. The van der Waals surface area contributed by atoms with Gasteiger partial charge in [0.1, 0.15) is 6.33 Å². The molecule has 0 fully saturated rings. The first-order chi connectivity index (χ1) is 6.15. The van der Waals surface area contributed by atoms with E-state index in [-0.39, 0.29) is 0 Å². The second-order valence-electron chi connectivity index (χ2n) is 2.66. The molecule has 0 spiro atoms. The minimum absolute atomic E-state index is 0.487. The van der Waals surface area contributed by atoms with Gasteiger partial charge in [-0.25, -0.2) is 10.0 Å². The zero-order valence-electron chi connectivity index (χ0n) is 8.22. The van der Waals surface area contributed by atoms with Gasteiger partial charge in [0.25, 0.3) is 5.95 Å². The van der Waals surface area contributed by atoms with Crippen LogP contribution in [0.1, 0.15) is 0 Å². The molecule has 72 valence electrons. The van der Waals surface area contributed by atoms with Crippen LogP contribution in [0.15, 0.2) is 6.33 Å². The van der Waals surface area contributed by atoms with Gasteiger partial charge in [0.2, 0.25) is 5.95 Å². The molecule has 13 heavy (non-hydrogen) atoms. The first-order valence-corrected chi connectivity index (χ1v) is 3.79. The molecule has 1 aromatic rings. The summed E-state index contributed by atoms with van der Waals surface area (Å²) < 4.78 is 0. The van der Waals surface area contributed by atoms with Gasteiger partial charge >= 0.3 is 0 Å². The van der Waals surface area contributed by atoms with Crippen molar-refractivity contribution in [1.82, 2.24) is 15.0 Å². The minimum Gasteiger partial charge on any atom is -0.347 e. The van der Waals surface area contributed by atoms with Crippen molar-refractivity contribution in [2.75, 3.05) is 38.2 Å². The third-order valence-corrected chi connectivity index (χ3v) is 1.50. The third-order valence-electron chi connectivity index (χ3n) is 1.50. The van der Waals surface area contributed by atoms with E-state index in [4.69, 9.17) is 4.84 Å². The smallest absolute Gasteiger partial charge is 0.254 e. The summed E-state index contributed by atoms with van der Waals surface area (Å²) in [5.41, 5.74) is 0. The van der Waals surface area contributed by atoms with Crippen molar-refractivity contribution in [1.29, 1.82) is 0 Å². The Morgan fingerprint density at radius 1 is 1.15 bits per heavy atom. The van der Waals surface area contributed by atoms with Crippen molar-refractivity contribution < 1.29 is 4.84 Å². The molecule has 0 radical (unpaired) electrons. The van der Waals surface area contributed by atoms with Gasteiger partial charge in [-0.1, -0.05) is 0 Å². The summed E-state index contributed by atoms with van der Waals surface area (Å²) in [7, 11) is 7.02. The van der Waals surface area contributed by atoms with E-state index in [1.165, 1.54) is 11.4 Å². The molecule has 6 nitrogen and oxygen atoms in total. The highest BCUT2D eigenvalue weighted by molar-refractivity contribution is 5.33. The largest absolute Gasteiger partial charge is 0.347 e. The molecule has 0 N–H and O–H groups in total. The number of anilines is 2. The Bertz CT molecular complexity index is 277. The Balaban J connectivity index is 2.91. The Labute approximate surface area is 77.1 Å². The first-order valence-electron chi connectivity index (χ1n) is 3.79. The maximum absolute atomic E-state index is 4.93. The van der Waals surface area contributed by atoms with Crippen LogP contribution in [0, 0.1) is 0 Å². The monoisotopic (exact) mass is 183 g/mol. The molecule has 0 saturated heterocycles. The number of hydroxylamine groups is 1. The van der Waals surface area contributed by atoms with Crippen LogP contribution < -0.4 is 9.96 Å². The predicted molar refractivity (Wildman–Crippen MR) is 49.6 cm³/mol. The van der Waals surface area contributed by atoms with Gasteiger partial charge in [-0.3, -0.25) is 4.84 Å². The summed E-state index contributed by atoms with van der Waals surface area (Å²) in [5.74, 6) is 1.09. The zero-order valence-corrected chi connectivity index (χ0v) is 8.22. The van der Waals surface area contributed by atoms with Crippen LogP contribution in [0.5, 0.6) is 0 Å². The quantitative estimate of drug-likeness (QED) is 0.612. The van der Waals surface area contributed by atoms with E-state index in [0.29, 0.717) is 11.9 Å². The van der Waals surface area contributed by atoms with Gasteiger partial charge in [-0.15, -0.1) is 0 Å². The molecule has 0 unspecified atom stereocenters. The highest BCUT2D eigenvalue weighted by Gasteiger charge is 2.05. The Morgan fingerprint density at radius 3 is 2.31 bits per heavy atom. The maximum Gasteiger partial charge on any atom is 0.254 e. The molecule has 0 aliphatic rings. The topological polar surface area (TPSA) is 54.4 Å². The highest BCUT2D eigenvalue weighted by Crippen LogP contribution is 2.07. The number of hydrogen-bond acceptors (Lipinski definition) is 6. The molecular weight excluding hydrogens is 170 g/mol. The summed E-state index contributed by atoms with van der Waals surface area (Å²) in [6.45, 7) is 0. The molecular formula is C7H13N5O. The van der Waals surface area contributed by atoms with Crippen molar-refractivity contribution in [3.8, 4) is 0 Å². The van der Waals surface area contributed by atoms with Crippen LogP contribution in [0.2, 0.25) is 0 Å². The lowest BCUT2D eigenvalue weighted by molar-refractivity contribution is 0.180. The van der Waals surface area contributed by atoms with E-state index >= 15 is 0 Å². The van der Waals surface area contributed by atoms with E-state index in [1.54, 1.807) is 19.1 Å². The van der Waals surface area contributed by atoms with Crippen LogP contribution >= 0.6 is 0 Å². The van der Waals surface area contributed by atoms with Crippen LogP contribution in [0.4, 0.5) is 11.9 Å². The molecule has 0 saturated carbocycles. The molecule has 1 rings (SSSR count). The molecule has 1 aromatic heterocycles. The van der Waals surface area contributed by atoms with Crippen molar-refractivity contribution >= 4 is 11.9 Å². The molecule has 6 heteroatoms. The zero-order chi connectivity index (χ0) is 9.84. The fourth-order valence-electron chi connectivity index (χ4n) is 0.728. The van der Waals surface area contributed by atoms with Crippen molar-refractivity contribution in [2.45, 2.75) is 0 Å². The lowest BCUT2D eigenvalue weighted by atomic mass is 10.8. The van der Waals surface area contributed by atoms with E-state index in [0.717, 1.165) is 0 Å². The second kappa shape index (κ2) is 3.99. The summed E-state index contributed by atoms with van der Waals surface area (Å²) in [4.78, 5) is 18.8. The summed E-state index contributed by atoms with van der Waals surface area (Å²) in [5, 5.41) is 1.47. The van der Waals surface area contributed by atoms with E-state index < -0.39 is 0 Å². The van der Waals surface area contributed by atoms with Gasteiger partial charge < -0.3 is 4.90 Å². The summed E-state index contributed by atoms with van der Waals surface area (Å²) in [6, 6.07) is 0. The molecule has 0 amide bonds. The van der Waals surface area contributed by atoms with E-state index in [2.05, 4.69) is 15.0 Å². The van der Waals surface area contributed by atoms with Crippen LogP contribution in [-0.4, -0.2) is 43.2 Å². The molecule has 0 aromatic carbocycles. The number of aromatic nitrogens is 3. The lowest BCUT2D eigenvalue weighted by Crippen LogP contribution is -2.20. The first kappa shape index (κ1) is 9.66. The fourth-order valence-corrected chi connectivity index (χ4v) is 0.728. The Morgan fingerprint density at radius 2 is 1.77 bits per heavy atom. The number of nitrogens with zero attached hydrogens (tertiary/aromatic N) is 5. The van der Waals surface area contributed by atoms with Gasteiger partial charge in [0.15, 0.2) is 0 Å². The third kappa shape index (κ3) is 2.25. The molecule has 0 atom stereocenters. The van der Waals surface area contributed by atoms with Gasteiger partial charge in [-0.05, 0) is 0 Å². The standard InChI is InChI=1S/C7H13N5O/c1-11(2)6-8-5-9-7(10-6)12(3)13-4/h5H,1-4H3. The van der Waals surface area contributed by atoms with Gasteiger partial charge in [0.05, 0.1) is 7.11 Å². The van der Waals surface area contributed by atoms with Crippen LogP contribution in [-0.2, 0) is 4.84 Å². The molecule has 0 aliphatic carbocycles. The molecule has 0 bridgehead atoms. The van der Waals surface area contributed by atoms with Crippen LogP contribution in [0.25, 0.3) is 0 Å². The van der Waals surface area contributed by atoms with Crippen molar-refractivity contribution in [2.24, 2.45) is 0 Å². The molecule has 1 heterocycles. The Hall–Kier alpha value is -1.43. The average Bonchev–Trinajstić information content (AvgIpc) is 2.17. The van der Waals surface area contributed by atoms with Gasteiger partial charge in [0, 0.05) is 21.1 Å². The predicted octanol–water partition coefficient (Wildman–Crippen LogP) is -0.0648. The van der Waals surface area contributed by atoms with Crippen molar-refractivity contribution in [3.63, 3.8) is 0 Å². The highest BCUT2D eigenvalue weighted by atomic mass is 16.7. The lowest BCUT2D eigenvalue weighted by Gasteiger charge is -2.15. The number of rotatable bonds is 3. The van der Waals surface area contributed by atoms with Crippen molar-refractivity contribution in [3.05, 3.63) is 6.33 Å². The number of hydrogen-bond donors (Lipinski definition) is 0. The summed E-state index contributed by atoms with van der Waals surface area (Å²) in [6.07, 6.45) is 1.45. The summed E-state index contributed by atoms with van der Waals surface area (Å²) >= 11 is 0. The van der Waals surface area contributed by atoms with E-state index in [1.807, 2.05) is 14.1 Å². The van der Waals surface area contributed by atoms with E-state index in [9.17, 15) is 0 Å². The van der Waals surface area contributed by atoms with Crippen LogP contribution in [0.3, 0.4) is 0 Å². The second-order valence-corrected chi connectivity index (χ2v) is 2.66. The fraction of sp³-hybridized carbons (Fsp3) is 0.571. The maximum atomic E-state index is 4.93. The SMILES string of the molecule is CON(C)c1ncnc(N(C)C)n1. The minimum atomic E-state index is 0.487.